The predicted octanol–water partition coefficient (Wildman–Crippen LogP) is 3.50. The van der Waals surface area contributed by atoms with Crippen molar-refractivity contribution in [3.63, 3.8) is 0 Å². The maximum atomic E-state index is 13.4. The molecule has 1 aliphatic heterocycles. The number of aryl methyl sites for hydroxylation is 1. The van der Waals surface area contributed by atoms with E-state index in [0.29, 0.717) is 31.7 Å². The van der Waals surface area contributed by atoms with Gasteiger partial charge in [-0.1, -0.05) is 38.1 Å². The monoisotopic (exact) mass is 498 g/mol. The first kappa shape index (κ1) is 25.2. The molecule has 4 rings (SSSR count). The second-order valence-corrected chi connectivity index (χ2v) is 11.3. The standard InChI is InChI=1S/C26H31FN4O3S/c1-18(2)25(20-7-9-22(27)10-8-20)29-24(32)17-30-11-13-31(14-12-30)35(33,34)23-6-4-5-21-15-19(3)16-28-26(21)23/h4-10,15-16,18,25H,11-14,17H2,1-3H3,(H,29,32). The average Bonchev–Trinajstić information content (AvgIpc) is 2.83. The van der Waals surface area contributed by atoms with E-state index in [1.54, 1.807) is 30.5 Å². The van der Waals surface area contributed by atoms with Crippen molar-refractivity contribution in [2.24, 2.45) is 5.92 Å². The molecule has 0 spiro atoms. The Balaban J connectivity index is 1.39. The Labute approximate surface area is 206 Å². The summed E-state index contributed by atoms with van der Waals surface area (Å²) >= 11 is 0. The van der Waals surface area contributed by atoms with E-state index in [4.69, 9.17) is 0 Å². The number of para-hydroxylation sites is 1. The number of nitrogens with zero attached hydrogens (tertiary/aromatic N) is 3. The minimum Gasteiger partial charge on any atom is -0.348 e. The van der Waals surface area contributed by atoms with Crippen LogP contribution in [0.15, 0.2) is 59.6 Å². The molecule has 0 radical (unpaired) electrons. The highest BCUT2D eigenvalue weighted by Gasteiger charge is 2.31. The molecule has 35 heavy (non-hydrogen) atoms. The summed E-state index contributed by atoms with van der Waals surface area (Å²) in [6.07, 6.45) is 1.67. The van der Waals surface area contributed by atoms with Gasteiger partial charge in [-0.2, -0.15) is 4.31 Å². The van der Waals surface area contributed by atoms with E-state index in [1.807, 2.05) is 37.8 Å². The van der Waals surface area contributed by atoms with Crippen LogP contribution in [-0.2, 0) is 14.8 Å². The van der Waals surface area contributed by atoms with E-state index in [1.165, 1.54) is 16.4 Å². The van der Waals surface area contributed by atoms with Crippen molar-refractivity contribution in [3.8, 4) is 0 Å². The molecule has 1 N–H and O–H groups in total. The number of carbonyl (C=O) groups excluding carboxylic acids is 1. The molecule has 0 saturated carbocycles. The second kappa shape index (κ2) is 10.4. The Hall–Kier alpha value is -2.88. The van der Waals surface area contributed by atoms with Crippen molar-refractivity contribution in [2.45, 2.75) is 31.7 Å². The Morgan fingerprint density at radius 2 is 1.77 bits per heavy atom. The Kier molecular flexibility index (Phi) is 7.49. The first-order valence-electron chi connectivity index (χ1n) is 11.8. The van der Waals surface area contributed by atoms with Crippen LogP contribution >= 0.6 is 0 Å². The van der Waals surface area contributed by atoms with Gasteiger partial charge in [-0.3, -0.25) is 14.7 Å². The van der Waals surface area contributed by atoms with Gasteiger partial charge < -0.3 is 5.32 Å². The Bertz CT molecular complexity index is 1300. The summed E-state index contributed by atoms with van der Waals surface area (Å²) < 4.78 is 41.5. The molecule has 1 saturated heterocycles. The number of piperazine rings is 1. The van der Waals surface area contributed by atoms with Gasteiger partial charge in [0.1, 0.15) is 10.7 Å². The zero-order valence-electron chi connectivity index (χ0n) is 20.2. The number of aromatic nitrogens is 1. The van der Waals surface area contributed by atoms with Gasteiger partial charge in [0.2, 0.25) is 15.9 Å². The van der Waals surface area contributed by atoms with Gasteiger partial charge in [-0.25, -0.2) is 12.8 Å². The molecule has 1 aromatic heterocycles. The lowest BCUT2D eigenvalue weighted by Crippen LogP contribution is -2.51. The van der Waals surface area contributed by atoms with Gasteiger partial charge in [-0.05, 0) is 48.2 Å². The molecule has 2 aromatic carbocycles. The number of benzene rings is 2. The van der Waals surface area contributed by atoms with Gasteiger partial charge in [0.25, 0.3) is 0 Å². The molecule has 1 atom stereocenters. The Morgan fingerprint density at radius 3 is 2.43 bits per heavy atom. The van der Waals surface area contributed by atoms with Gasteiger partial charge in [0.15, 0.2) is 0 Å². The molecule has 7 nitrogen and oxygen atoms in total. The molecule has 1 fully saturated rings. The highest BCUT2D eigenvalue weighted by atomic mass is 32.2. The summed E-state index contributed by atoms with van der Waals surface area (Å²) in [6.45, 7) is 7.59. The number of amides is 1. The maximum Gasteiger partial charge on any atom is 0.245 e. The van der Waals surface area contributed by atoms with Gasteiger partial charge in [0.05, 0.1) is 18.1 Å². The maximum absolute atomic E-state index is 13.4. The zero-order valence-corrected chi connectivity index (χ0v) is 21.1. The van der Waals surface area contributed by atoms with Gasteiger partial charge in [0, 0.05) is 37.8 Å². The molecular weight excluding hydrogens is 467 g/mol. The number of rotatable bonds is 7. The number of pyridine rings is 1. The SMILES string of the molecule is Cc1cnc2c(S(=O)(=O)N3CCN(CC(=O)NC(c4ccc(F)cc4)C(C)C)CC3)cccc2c1. The van der Waals surface area contributed by atoms with Crippen molar-refractivity contribution >= 4 is 26.8 Å². The molecule has 3 aromatic rings. The normalized spacial score (nSPS) is 16.5. The largest absolute Gasteiger partial charge is 0.348 e. The van der Waals surface area contributed by atoms with Crippen LogP contribution in [0.2, 0.25) is 0 Å². The summed E-state index contributed by atoms with van der Waals surface area (Å²) in [5, 5.41) is 3.84. The third-order valence-corrected chi connectivity index (χ3v) is 8.27. The van der Waals surface area contributed by atoms with Crippen molar-refractivity contribution in [1.29, 1.82) is 0 Å². The van der Waals surface area contributed by atoms with E-state index in [0.717, 1.165) is 16.5 Å². The van der Waals surface area contributed by atoms with Crippen molar-refractivity contribution in [2.75, 3.05) is 32.7 Å². The van der Waals surface area contributed by atoms with E-state index >= 15 is 0 Å². The molecule has 9 heteroatoms. The van der Waals surface area contributed by atoms with Crippen LogP contribution in [0.25, 0.3) is 10.9 Å². The molecule has 2 heterocycles. The Morgan fingerprint density at radius 1 is 1.09 bits per heavy atom. The van der Waals surface area contributed by atoms with E-state index in [-0.39, 0.29) is 35.1 Å². The summed E-state index contributed by atoms with van der Waals surface area (Å²) in [4.78, 5) is 19.3. The molecule has 1 aliphatic rings. The van der Waals surface area contributed by atoms with Crippen LogP contribution in [0.4, 0.5) is 4.39 Å². The highest BCUT2D eigenvalue weighted by Crippen LogP contribution is 2.26. The fourth-order valence-electron chi connectivity index (χ4n) is 4.45. The number of hydrogen-bond donors (Lipinski definition) is 1. The average molecular weight is 499 g/mol. The van der Waals surface area contributed by atoms with Crippen LogP contribution < -0.4 is 5.32 Å². The number of sulfonamides is 1. The number of fused-ring (bicyclic) bond motifs is 1. The molecule has 0 aliphatic carbocycles. The first-order valence-corrected chi connectivity index (χ1v) is 13.2. The third kappa shape index (κ3) is 5.69. The van der Waals surface area contributed by atoms with Crippen molar-refractivity contribution < 1.29 is 17.6 Å². The molecule has 1 amide bonds. The lowest BCUT2D eigenvalue weighted by atomic mass is 9.96. The lowest BCUT2D eigenvalue weighted by molar-refractivity contribution is -0.123. The van der Waals surface area contributed by atoms with Gasteiger partial charge in [-0.15, -0.1) is 0 Å². The topological polar surface area (TPSA) is 82.6 Å². The highest BCUT2D eigenvalue weighted by molar-refractivity contribution is 7.89. The second-order valence-electron chi connectivity index (χ2n) is 9.36. The van der Waals surface area contributed by atoms with Gasteiger partial charge >= 0.3 is 0 Å². The summed E-state index contributed by atoms with van der Waals surface area (Å²) in [7, 11) is -3.71. The zero-order chi connectivity index (χ0) is 25.2. The quantitative estimate of drug-likeness (QED) is 0.539. The van der Waals surface area contributed by atoms with Crippen molar-refractivity contribution in [1.82, 2.24) is 19.5 Å². The smallest absolute Gasteiger partial charge is 0.245 e. The molecular formula is C26H31FN4O3S. The number of carbonyl (C=O) groups is 1. The van der Waals surface area contributed by atoms with E-state index < -0.39 is 10.0 Å². The fraction of sp³-hybridized carbons (Fsp3) is 0.385. The minimum absolute atomic E-state index is 0.129. The third-order valence-electron chi connectivity index (χ3n) is 6.34. The van der Waals surface area contributed by atoms with Crippen LogP contribution in [0, 0.1) is 18.7 Å². The molecule has 186 valence electrons. The minimum atomic E-state index is -3.71. The van der Waals surface area contributed by atoms with E-state index in [2.05, 4.69) is 10.3 Å². The van der Waals surface area contributed by atoms with Crippen LogP contribution in [0.3, 0.4) is 0 Å². The van der Waals surface area contributed by atoms with E-state index in [9.17, 15) is 17.6 Å². The predicted molar refractivity (Wildman–Crippen MR) is 134 cm³/mol. The summed E-state index contributed by atoms with van der Waals surface area (Å²) in [5.41, 5.74) is 2.29. The van der Waals surface area contributed by atoms with Crippen LogP contribution in [0.1, 0.15) is 31.0 Å². The number of nitrogens with one attached hydrogen (secondary N) is 1. The fourth-order valence-corrected chi connectivity index (χ4v) is 6.03. The van der Waals surface area contributed by atoms with Crippen LogP contribution in [-0.4, -0.2) is 61.2 Å². The molecule has 1 unspecified atom stereocenters. The van der Waals surface area contributed by atoms with Crippen molar-refractivity contribution in [3.05, 3.63) is 71.7 Å². The summed E-state index contributed by atoms with van der Waals surface area (Å²) in [6, 6.07) is 13.1. The van der Waals surface area contributed by atoms with Crippen LogP contribution in [0.5, 0.6) is 0 Å². The summed E-state index contributed by atoms with van der Waals surface area (Å²) in [5.74, 6) is -0.327. The first-order chi connectivity index (χ1) is 16.6. The molecule has 0 bridgehead atoms. The number of hydrogen-bond acceptors (Lipinski definition) is 5. The number of halogens is 1. The lowest BCUT2D eigenvalue weighted by Gasteiger charge is -2.34.